The molecule has 3 rings (SSSR count). The van der Waals surface area contributed by atoms with E-state index in [2.05, 4.69) is 0 Å². The first kappa shape index (κ1) is 18.3. The molecule has 0 saturated carbocycles. The van der Waals surface area contributed by atoms with Gasteiger partial charge in [-0.1, -0.05) is 60.7 Å². The predicted molar refractivity (Wildman–Crippen MR) is 103 cm³/mol. The number of hydrogen-bond donors (Lipinski definition) is 1. The van der Waals surface area contributed by atoms with E-state index >= 15 is 0 Å². The number of benzene rings is 3. The number of nitrogens with two attached hydrogens (primary N) is 1. The van der Waals surface area contributed by atoms with Gasteiger partial charge >= 0.3 is 0 Å². The Kier molecular flexibility index (Phi) is 5.94. The Morgan fingerprint density at radius 1 is 0.815 bits per heavy atom. The third kappa shape index (κ3) is 4.79. The smallest absolute Gasteiger partial charge is 0.248 e. The molecule has 0 atom stereocenters. The predicted octanol–water partition coefficient (Wildman–Crippen LogP) is 3.95. The van der Waals surface area contributed by atoms with Gasteiger partial charge in [-0.2, -0.15) is 0 Å². The van der Waals surface area contributed by atoms with Crippen molar-refractivity contribution in [2.24, 2.45) is 5.73 Å². The monoisotopic (exact) mass is 363 g/mol. The summed E-state index contributed by atoms with van der Waals surface area (Å²) in [7, 11) is 1.53. The minimum Gasteiger partial charge on any atom is -0.490 e. The van der Waals surface area contributed by atoms with Gasteiger partial charge in [0.1, 0.15) is 13.2 Å². The van der Waals surface area contributed by atoms with Gasteiger partial charge < -0.3 is 19.9 Å². The van der Waals surface area contributed by atoms with Crippen molar-refractivity contribution in [2.75, 3.05) is 7.11 Å². The average Bonchev–Trinajstić information content (AvgIpc) is 2.71. The lowest BCUT2D eigenvalue weighted by Gasteiger charge is -2.16. The van der Waals surface area contributed by atoms with Gasteiger partial charge in [-0.3, -0.25) is 4.79 Å². The van der Waals surface area contributed by atoms with Crippen LogP contribution in [0.5, 0.6) is 17.2 Å². The van der Waals surface area contributed by atoms with E-state index in [0.717, 1.165) is 11.1 Å². The largest absolute Gasteiger partial charge is 0.490 e. The summed E-state index contributed by atoms with van der Waals surface area (Å²) in [5, 5.41) is 0. The zero-order chi connectivity index (χ0) is 19.1. The molecule has 0 aliphatic rings. The van der Waals surface area contributed by atoms with E-state index in [1.165, 1.54) is 7.11 Å². The lowest BCUT2D eigenvalue weighted by Crippen LogP contribution is -2.12. The molecule has 0 radical (unpaired) electrons. The van der Waals surface area contributed by atoms with Crippen molar-refractivity contribution in [3.05, 3.63) is 89.5 Å². The van der Waals surface area contributed by atoms with E-state index in [-0.39, 0.29) is 0 Å². The van der Waals surface area contributed by atoms with Gasteiger partial charge in [0.15, 0.2) is 11.5 Å². The van der Waals surface area contributed by atoms with Crippen LogP contribution in [0.15, 0.2) is 72.8 Å². The van der Waals surface area contributed by atoms with Crippen molar-refractivity contribution in [3.63, 3.8) is 0 Å². The highest BCUT2D eigenvalue weighted by Gasteiger charge is 2.17. The van der Waals surface area contributed by atoms with Crippen molar-refractivity contribution in [3.8, 4) is 17.2 Å². The second-order valence-electron chi connectivity index (χ2n) is 5.92. The van der Waals surface area contributed by atoms with E-state index in [1.54, 1.807) is 12.1 Å². The molecule has 3 aromatic rings. The van der Waals surface area contributed by atoms with Crippen LogP contribution in [0.1, 0.15) is 21.5 Å². The molecule has 0 saturated heterocycles. The molecule has 0 aromatic heterocycles. The highest BCUT2D eigenvalue weighted by molar-refractivity contribution is 5.94. The first-order chi connectivity index (χ1) is 13.2. The number of rotatable bonds is 8. The number of hydrogen-bond acceptors (Lipinski definition) is 4. The van der Waals surface area contributed by atoms with Crippen molar-refractivity contribution < 1.29 is 19.0 Å². The van der Waals surface area contributed by atoms with E-state index in [4.69, 9.17) is 19.9 Å². The number of ether oxygens (including phenoxy) is 3. The Labute approximate surface area is 158 Å². The second kappa shape index (κ2) is 8.76. The number of primary amides is 1. The molecule has 27 heavy (non-hydrogen) atoms. The summed E-state index contributed by atoms with van der Waals surface area (Å²) in [6, 6.07) is 22.6. The Bertz CT molecular complexity index is 830. The maximum atomic E-state index is 11.7. The van der Waals surface area contributed by atoms with Crippen LogP contribution in [0.2, 0.25) is 0 Å². The topological polar surface area (TPSA) is 70.8 Å². The minimum atomic E-state index is -0.563. The highest BCUT2D eigenvalue weighted by atomic mass is 16.5. The molecule has 0 fully saturated rings. The van der Waals surface area contributed by atoms with Crippen LogP contribution < -0.4 is 19.9 Å². The molecule has 3 aromatic carbocycles. The van der Waals surface area contributed by atoms with Crippen molar-refractivity contribution >= 4 is 5.91 Å². The molecule has 138 valence electrons. The Hall–Kier alpha value is -3.47. The average molecular weight is 363 g/mol. The molecule has 5 nitrogen and oxygen atoms in total. The first-order valence-corrected chi connectivity index (χ1v) is 8.52. The molecule has 0 spiro atoms. The maximum Gasteiger partial charge on any atom is 0.248 e. The number of methoxy groups -OCH3 is 1. The molecule has 2 N–H and O–H groups in total. The Balaban J connectivity index is 1.86. The number of carbonyl (C=O) groups is 1. The second-order valence-corrected chi connectivity index (χ2v) is 5.92. The highest BCUT2D eigenvalue weighted by Crippen LogP contribution is 2.39. The molecule has 0 unspecified atom stereocenters. The lowest BCUT2D eigenvalue weighted by atomic mass is 10.1. The molecule has 0 aliphatic carbocycles. The van der Waals surface area contributed by atoms with Crippen molar-refractivity contribution in [1.29, 1.82) is 0 Å². The van der Waals surface area contributed by atoms with Gasteiger partial charge in [-0.05, 0) is 23.3 Å². The first-order valence-electron chi connectivity index (χ1n) is 8.52. The van der Waals surface area contributed by atoms with Gasteiger partial charge in [0.2, 0.25) is 11.7 Å². The molecule has 0 aliphatic heterocycles. The normalized spacial score (nSPS) is 10.3. The summed E-state index contributed by atoms with van der Waals surface area (Å²) in [5.41, 5.74) is 7.75. The van der Waals surface area contributed by atoms with E-state index < -0.39 is 5.91 Å². The van der Waals surface area contributed by atoms with E-state index in [9.17, 15) is 4.79 Å². The molecule has 5 heteroatoms. The fourth-order valence-electron chi connectivity index (χ4n) is 2.61. The third-order valence-corrected chi connectivity index (χ3v) is 3.98. The van der Waals surface area contributed by atoms with Crippen LogP contribution in [0.3, 0.4) is 0 Å². The Morgan fingerprint density at radius 2 is 1.26 bits per heavy atom. The van der Waals surface area contributed by atoms with Crippen LogP contribution in [-0.4, -0.2) is 13.0 Å². The van der Waals surface area contributed by atoms with Gasteiger partial charge in [0.05, 0.1) is 7.11 Å². The molecular weight excluding hydrogens is 342 g/mol. The van der Waals surface area contributed by atoms with Gasteiger partial charge in [0, 0.05) is 5.56 Å². The standard InChI is InChI=1S/C22H21NO4/c1-25-21-19(26-14-16-8-4-2-5-9-16)12-18(22(23)24)13-20(21)27-15-17-10-6-3-7-11-17/h2-13H,14-15H2,1H3,(H2,23,24). The fraction of sp³-hybridized carbons (Fsp3) is 0.136. The molecular formula is C22H21NO4. The van der Waals surface area contributed by atoms with E-state index in [0.29, 0.717) is 36.0 Å². The lowest BCUT2D eigenvalue weighted by molar-refractivity contribution is 0.0999. The summed E-state index contributed by atoms with van der Waals surface area (Å²) < 4.78 is 17.3. The van der Waals surface area contributed by atoms with Gasteiger partial charge in [-0.25, -0.2) is 0 Å². The number of carbonyl (C=O) groups excluding carboxylic acids is 1. The Morgan fingerprint density at radius 3 is 1.63 bits per heavy atom. The zero-order valence-corrected chi connectivity index (χ0v) is 15.1. The minimum absolute atomic E-state index is 0.293. The quantitative estimate of drug-likeness (QED) is 0.658. The van der Waals surface area contributed by atoms with Crippen LogP contribution in [-0.2, 0) is 13.2 Å². The summed E-state index contributed by atoms with van der Waals surface area (Å²) >= 11 is 0. The van der Waals surface area contributed by atoms with E-state index in [1.807, 2.05) is 60.7 Å². The van der Waals surface area contributed by atoms with Crippen molar-refractivity contribution in [1.82, 2.24) is 0 Å². The van der Waals surface area contributed by atoms with Crippen LogP contribution in [0, 0.1) is 0 Å². The third-order valence-electron chi connectivity index (χ3n) is 3.98. The summed E-state index contributed by atoms with van der Waals surface area (Å²) in [6.45, 7) is 0.662. The van der Waals surface area contributed by atoms with Gasteiger partial charge in [-0.15, -0.1) is 0 Å². The van der Waals surface area contributed by atoms with Crippen LogP contribution in [0.4, 0.5) is 0 Å². The summed E-state index contributed by atoms with van der Waals surface area (Å²) in [5.74, 6) is 0.667. The van der Waals surface area contributed by atoms with Gasteiger partial charge in [0.25, 0.3) is 0 Å². The molecule has 1 amide bonds. The molecule has 0 bridgehead atoms. The summed E-state index contributed by atoms with van der Waals surface area (Å²) in [6.07, 6.45) is 0. The van der Waals surface area contributed by atoms with Crippen LogP contribution in [0.25, 0.3) is 0 Å². The SMILES string of the molecule is COc1c(OCc2ccccc2)cc(C(N)=O)cc1OCc1ccccc1. The maximum absolute atomic E-state index is 11.7. The molecule has 0 heterocycles. The van der Waals surface area contributed by atoms with Crippen LogP contribution >= 0.6 is 0 Å². The van der Waals surface area contributed by atoms with Crippen molar-refractivity contribution in [2.45, 2.75) is 13.2 Å². The zero-order valence-electron chi connectivity index (χ0n) is 15.1. The number of amides is 1. The summed E-state index contributed by atoms with van der Waals surface area (Å²) in [4.78, 5) is 11.7. The fourth-order valence-corrected chi connectivity index (χ4v) is 2.61.